The third-order valence-electron chi connectivity index (χ3n) is 1.52. The third kappa shape index (κ3) is 5.77. The van der Waals surface area contributed by atoms with E-state index in [1.807, 2.05) is 9.03 Å². The average Bonchev–Trinajstić information content (AvgIpc) is 1.83. The number of halogens is 10. The van der Waals surface area contributed by atoms with Crippen LogP contribution in [0.15, 0.2) is 13.5 Å². The van der Waals surface area contributed by atoms with Gasteiger partial charge in [0.15, 0.2) is 0 Å². The van der Waals surface area contributed by atoms with Crippen molar-refractivity contribution >= 4 is 22.9 Å². The van der Waals surface area contributed by atoms with Gasteiger partial charge in [0, 0.05) is 0 Å². The molecule has 0 amide bonds. The van der Waals surface area contributed by atoms with E-state index in [1.165, 1.54) is 0 Å². The summed E-state index contributed by atoms with van der Waals surface area (Å²) in [7, 11) is -17.9. The molecule has 1 aliphatic rings. The number of rotatable bonds is 2. The standard InChI is InChI=1S/C4H4F10N3P3/c5-3(6,7)1-18(11)15-19(12,2-4(8,9)10)17-20(13,14)16-18/h1-2H2. The van der Waals surface area contributed by atoms with Gasteiger partial charge in [-0.05, 0) is 0 Å². The summed E-state index contributed by atoms with van der Waals surface area (Å²) in [6, 6.07) is 0. The molecule has 0 aromatic heterocycles. The van der Waals surface area contributed by atoms with E-state index >= 15 is 0 Å². The summed E-state index contributed by atoms with van der Waals surface area (Å²) in [5.74, 6) is 0. The van der Waals surface area contributed by atoms with Gasteiger partial charge < -0.3 is 0 Å². The summed E-state index contributed by atoms with van der Waals surface area (Å²) in [5.41, 5.74) is 0. The molecule has 0 radical (unpaired) electrons. The van der Waals surface area contributed by atoms with Crippen molar-refractivity contribution in [3.63, 3.8) is 0 Å². The van der Waals surface area contributed by atoms with Crippen LogP contribution >= 0.6 is 22.9 Å². The van der Waals surface area contributed by atoms with Crippen molar-refractivity contribution in [3.05, 3.63) is 0 Å². The fourth-order valence-corrected chi connectivity index (χ4v) is 8.81. The summed E-state index contributed by atoms with van der Waals surface area (Å²) in [6.07, 6.45) is -16.0. The number of alkyl halides is 6. The van der Waals surface area contributed by atoms with Gasteiger partial charge in [0.05, 0.1) is 0 Å². The molecule has 0 fully saturated rings. The molecule has 1 heterocycles. The summed E-state index contributed by atoms with van der Waals surface area (Å²) >= 11 is 0. The van der Waals surface area contributed by atoms with Crippen LogP contribution in [0.25, 0.3) is 0 Å². The van der Waals surface area contributed by atoms with E-state index in [0.29, 0.717) is 0 Å². The predicted molar refractivity (Wildman–Crippen MR) is 54.3 cm³/mol. The summed E-state index contributed by atoms with van der Waals surface area (Å²) < 4.78 is 131. The van der Waals surface area contributed by atoms with Crippen LogP contribution in [0.3, 0.4) is 0 Å². The lowest BCUT2D eigenvalue weighted by Crippen LogP contribution is -2.14. The lowest BCUT2D eigenvalue weighted by molar-refractivity contribution is -0.107. The Morgan fingerprint density at radius 1 is 0.600 bits per heavy atom. The Balaban J connectivity index is 3.40. The second-order valence-electron chi connectivity index (χ2n) is 3.56. The zero-order valence-electron chi connectivity index (χ0n) is 8.88. The van der Waals surface area contributed by atoms with Crippen LogP contribution < -0.4 is 0 Å². The van der Waals surface area contributed by atoms with Crippen molar-refractivity contribution in [2.24, 2.45) is 13.5 Å². The van der Waals surface area contributed by atoms with Gasteiger partial charge in [-0.2, -0.15) is 48.3 Å². The van der Waals surface area contributed by atoms with Gasteiger partial charge in [0.25, 0.3) is 15.0 Å². The van der Waals surface area contributed by atoms with Gasteiger partial charge in [-0.3, -0.25) is 0 Å². The van der Waals surface area contributed by atoms with Crippen molar-refractivity contribution in [1.29, 1.82) is 0 Å². The smallest absolute Gasteiger partial charge is 0.183 e. The topological polar surface area (TPSA) is 37.1 Å². The number of hydrogen-bond donors (Lipinski definition) is 0. The molecule has 16 heteroatoms. The molecule has 0 bridgehead atoms. The molecule has 1 rings (SSSR count). The first-order chi connectivity index (χ1) is 8.54. The molecule has 0 aromatic carbocycles. The van der Waals surface area contributed by atoms with Crippen LogP contribution in [0.1, 0.15) is 0 Å². The minimum absolute atomic E-state index is 1.85. The second-order valence-corrected chi connectivity index (χ2v) is 9.82. The minimum Gasteiger partial charge on any atom is -0.183 e. The summed E-state index contributed by atoms with van der Waals surface area (Å²) in [6.45, 7) is 0. The predicted octanol–water partition coefficient (Wildman–Crippen LogP) is 7.01. The molecule has 0 aliphatic carbocycles. The summed E-state index contributed by atoms with van der Waals surface area (Å²) in [5, 5.41) is 0. The van der Waals surface area contributed by atoms with E-state index in [2.05, 4.69) is 4.52 Å². The Labute approximate surface area is 105 Å². The first kappa shape index (κ1) is 18.0. The normalized spacial score (nSPS) is 33.9. The molecule has 20 heavy (non-hydrogen) atoms. The Kier molecular flexibility index (Phi) is 4.53. The highest BCUT2D eigenvalue weighted by atomic mass is 31.3. The lowest BCUT2D eigenvalue weighted by Gasteiger charge is -2.22. The highest BCUT2D eigenvalue weighted by Gasteiger charge is 2.48. The van der Waals surface area contributed by atoms with Crippen molar-refractivity contribution < 1.29 is 43.1 Å². The molecule has 120 valence electrons. The highest BCUT2D eigenvalue weighted by molar-refractivity contribution is 7.81. The third-order valence-corrected chi connectivity index (χ3v) is 9.15. The molecule has 0 saturated heterocycles. The lowest BCUT2D eigenvalue weighted by atomic mass is 10.8. The Hall–Kier alpha value is -0.0100. The minimum atomic E-state index is -6.25. The fraction of sp³-hybridized carbons (Fsp3) is 1.00. The molecule has 2 unspecified atom stereocenters. The van der Waals surface area contributed by atoms with E-state index in [1.54, 1.807) is 0 Å². The zero-order chi connectivity index (χ0) is 16.0. The van der Waals surface area contributed by atoms with Gasteiger partial charge in [0.2, 0.25) is 0 Å². The van der Waals surface area contributed by atoms with Crippen LogP contribution in [0.2, 0.25) is 0 Å². The van der Waals surface area contributed by atoms with Crippen molar-refractivity contribution in [1.82, 2.24) is 0 Å². The van der Waals surface area contributed by atoms with Crippen LogP contribution in [-0.2, 0) is 0 Å². The van der Waals surface area contributed by atoms with Crippen molar-refractivity contribution in [2.75, 3.05) is 12.3 Å². The van der Waals surface area contributed by atoms with Crippen LogP contribution in [-0.4, -0.2) is 24.7 Å². The van der Waals surface area contributed by atoms with E-state index < -0.39 is 47.5 Å². The average molecular weight is 377 g/mol. The monoisotopic (exact) mass is 377 g/mol. The Morgan fingerprint density at radius 2 is 0.950 bits per heavy atom. The van der Waals surface area contributed by atoms with E-state index in [4.69, 9.17) is 0 Å². The first-order valence-corrected chi connectivity index (χ1v) is 9.37. The molecule has 3 nitrogen and oxygen atoms in total. The fourth-order valence-electron chi connectivity index (χ4n) is 1.18. The van der Waals surface area contributed by atoms with Gasteiger partial charge in [0.1, 0.15) is 12.3 Å². The molecule has 1 aliphatic heterocycles. The van der Waals surface area contributed by atoms with Crippen LogP contribution in [0.4, 0.5) is 43.1 Å². The molecule has 0 N–H and O–H groups in total. The van der Waals surface area contributed by atoms with Crippen LogP contribution in [0, 0.1) is 0 Å². The van der Waals surface area contributed by atoms with Crippen molar-refractivity contribution in [2.45, 2.75) is 12.4 Å². The molecular formula is C4H4F10N3P3. The first-order valence-electron chi connectivity index (χ1n) is 4.35. The number of nitrogens with zero attached hydrogens (tertiary/aromatic N) is 3. The molecular weight excluding hydrogens is 373 g/mol. The maximum atomic E-state index is 13.6. The number of hydrogen-bond acceptors (Lipinski definition) is 3. The van der Waals surface area contributed by atoms with Crippen molar-refractivity contribution in [3.8, 4) is 0 Å². The van der Waals surface area contributed by atoms with Gasteiger partial charge in [-0.25, -0.2) is 0 Å². The van der Waals surface area contributed by atoms with Gasteiger partial charge in [-0.1, -0.05) is 0 Å². The van der Waals surface area contributed by atoms with E-state index in [0.717, 1.165) is 0 Å². The maximum absolute atomic E-state index is 13.6. The maximum Gasteiger partial charge on any atom is 0.421 e. The Bertz CT molecular complexity index is 530. The Morgan fingerprint density at radius 3 is 1.30 bits per heavy atom. The van der Waals surface area contributed by atoms with Gasteiger partial charge >= 0.3 is 20.2 Å². The zero-order valence-corrected chi connectivity index (χ0v) is 11.6. The highest BCUT2D eigenvalue weighted by Crippen LogP contribution is 2.82. The molecule has 0 aromatic rings. The molecule has 0 saturated carbocycles. The molecule has 0 spiro atoms. The SMILES string of the molecule is FC(F)(F)CP1(F)=NP(F)(F)=NP(F)(CC(F)(F)F)=N1. The van der Waals surface area contributed by atoms with Crippen LogP contribution in [0.5, 0.6) is 0 Å². The largest absolute Gasteiger partial charge is 0.421 e. The van der Waals surface area contributed by atoms with Gasteiger partial charge in [-0.15, -0.1) is 8.39 Å². The van der Waals surface area contributed by atoms with E-state index in [9.17, 15) is 43.1 Å². The summed E-state index contributed by atoms with van der Waals surface area (Å²) in [4.78, 5) is 0. The molecule has 2 atom stereocenters. The quantitative estimate of drug-likeness (QED) is 0.367. The second kappa shape index (κ2) is 5.02. The van der Waals surface area contributed by atoms with E-state index in [-0.39, 0.29) is 0 Å².